The molecule has 4 heteroatoms. The monoisotopic (exact) mass is 170 g/mol. The van der Waals surface area contributed by atoms with Crippen molar-refractivity contribution in [1.29, 1.82) is 0 Å². The number of hydrogen-bond donors (Lipinski definition) is 2. The molecule has 0 fully saturated rings. The number of aromatic nitrogens is 2. The third kappa shape index (κ3) is 3.88. The van der Waals surface area contributed by atoms with Crippen LogP contribution in [0.2, 0.25) is 0 Å². The fourth-order valence-electron chi connectivity index (χ4n) is 0.813. The zero-order chi connectivity index (χ0) is 9.40. The number of imidazole rings is 1. The minimum Gasteiger partial charge on any atom is -0.400 e. The van der Waals surface area contributed by atoms with E-state index in [1.54, 1.807) is 6.20 Å². The highest BCUT2D eigenvalue weighted by Gasteiger charge is 1.93. The highest BCUT2D eigenvalue weighted by Crippen LogP contribution is 1.97. The molecule has 1 aromatic rings. The van der Waals surface area contributed by atoms with Crippen molar-refractivity contribution in [2.75, 3.05) is 7.11 Å². The van der Waals surface area contributed by atoms with Crippen LogP contribution in [0.3, 0.4) is 0 Å². The van der Waals surface area contributed by atoms with Crippen LogP contribution in [0.15, 0.2) is 6.20 Å². The largest absolute Gasteiger partial charge is 0.400 e. The van der Waals surface area contributed by atoms with Crippen molar-refractivity contribution in [3.8, 4) is 0 Å². The maximum absolute atomic E-state index is 9.95. The number of aliphatic hydroxyl groups is 1. The summed E-state index contributed by atoms with van der Waals surface area (Å²) >= 11 is 0. The Balaban J connectivity index is 0.000000561. The fraction of sp³-hybridized carbons (Fsp3) is 0.500. The van der Waals surface area contributed by atoms with Gasteiger partial charge in [0, 0.05) is 25.4 Å². The normalized spacial score (nSPS) is 8.58. The van der Waals surface area contributed by atoms with Gasteiger partial charge in [-0.3, -0.25) is 0 Å². The Morgan fingerprint density at radius 3 is 2.75 bits per heavy atom. The van der Waals surface area contributed by atoms with Gasteiger partial charge in [-0.1, -0.05) is 0 Å². The van der Waals surface area contributed by atoms with Gasteiger partial charge in [0.15, 0.2) is 0 Å². The van der Waals surface area contributed by atoms with Gasteiger partial charge in [0.25, 0.3) is 0 Å². The number of rotatable bonds is 3. The van der Waals surface area contributed by atoms with E-state index in [-0.39, 0.29) is 0 Å². The Bertz CT molecular complexity index is 221. The van der Waals surface area contributed by atoms with E-state index in [4.69, 9.17) is 5.11 Å². The smallest absolute Gasteiger partial charge is 0.120 e. The van der Waals surface area contributed by atoms with Gasteiger partial charge in [0.05, 0.1) is 0 Å². The van der Waals surface area contributed by atoms with Gasteiger partial charge in [0.1, 0.15) is 12.1 Å². The van der Waals surface area contributed by atoms with Crippen LogP contribution in [-0.2, 0) is 11.2 Å². The minimum atomic E-state index is 0.571. The topological polar surface area (TPSA) is 66.0 Å². The van der Waals surface area contributed by atoms with Gasteiger partial charge >= 0.3 is 0 Å². The molecule has 0 aliphatic heterocycles. The molecule has 0 aliphatic carbocycles. The van der Waals surface area contributed by atoms with E-state index in [2.05, 4.69) is 9.97 Å². The average Bonchev–Trinajstić information content (AvgIpc) is 2.51. The molecule has 1 heterocycles. The lowest BCUT2D eigenvalue weighted by Gasteiger charge is -1.87. The summed E-state index contributed by atoms with van der Waals surface area (Å²) in [7, 11) is 1.00. The molecule has 0 aromatic carbocycles. The first kappa shape index (κ1) is 10.8. The molecule has 12 heavy (non-hydrogen) atoms. The van der Waals surface area contributed by atoms with Crippen molar-refractivity contribution in [3.63, 3.8) is 0 Å². The molecule has 0 aliphatic rings. The summed E-state index contributed by atoms with van der Waals surface area (Å²) in [4.78, 5) is 17.0. The molecule has 0 saturated carbocycles. The van der Waals surface area contributed by atoms with Gasteiger partial charge in [-0.15, -0.1) is 0 Å². The molecule has 68 valence electrons. The first-order valence-electron chi connectivity index (χ1n) is 3.72. The van der Waals surface area contributed by atoms with Gasteiger partial charge < -0.3 is 14.9 Å². The lowest BCUT2D eigenvalue weighted by atomic mass is 10.3. The van der Waals surface area contributed by atoms with E-state index in [0.717, 1.165) is 31.3 Å². The second-order valence-corrected chi connectivity index (χ2v) is 2.20. The van der Waals surface area contributed by atoms with Crippen molar-refractivity contribution < 1.29 is 9.90 Å². The van der Waals surface area contributed by atoms with Crippen molar-refractivity contribution in [1.82, 2.24) is 9.97 Å². The molecule has 1 aromatic heterocycles. The third-order valence-corrected chi connectivity index (χ3v) is 1.29. The number of nitrogens with one attached hydrogen (secondary N) is 1. The number of aryl methyl sites for hydroxylation is 2. The summed E-state index contributed by atoms with van der Waals surface area (Å²) in [5.74, 6) is 0.904. The Morgan fingerprint density at radius 2 is 2.33 bits per heavy atom. The minimum absolute atomic E-state index is 0.571. The van der Waals surface area contributed by atoms with Crippen molar-refractivity contribution in [2.45, 2.75) is 19.8 Å². The first-order chi connectivity index (χ1) is 5.83. The van der Waals surface area contributed by atoms with Crippen LogP contribution in [0, 0.1) is 6.92 Å². The summed E-state index contributed by atoms with van der Waals surface area (Å²) < 4.78 is 0. The SMILES string of the molecule is CO.Cc1ncc(CCC=O)[nH]1. The van der Waals surface area contributed by atoms with Gasteiger partial charge in [-0.05, 0) is 13.3 Å². The molecule has 4 nitrogen and oxygen atoms in total. The summed E-state index contributed by atoms with van der Waals surface area (Å²) in [6, 6.07) is 0. The summed E-state index contributed by atoms with van der Waals surface area (Å²) in [5, 5.41) is 7.00. The van der Waals surface area contributed by atoms with Crippen LogP contribution in [0.25, 0.3) is 0 Å². The summed E-state index contributed by atoms with van der Waals surface area (Å²) in [6.07, 6.45) is 4.01. The van der Waals surface area contributed by atoms with Crippen LogP contribution >= 0.6 is 0 Å². The standard InChI is InChI=1S/C7H10N2O.CH4O/c1-6-8-5-7(9-6)3-2-4-10;1-2/h4-5H,2-3H2,1H3,(H,8,9);2H,1H3. The lowest BCUT2D eigenvalue weighted by Crippen LogP contribution is -1.85. The van der Waals surface area contributed by atoms with E-state index in [0.29, 0.717) is 6.42 Å². The number of carbonyl (C=O) groups excluding carboxylic acids is 1. The molecule has 2 N–H and O–H groups in total. The number of aromatic amines is 1. The van der Waals surface area contributed by atoms with Crippen molar-refractivity contribution in [3.05, 3.63) is 17.7 Å². The highest BCUT2D eigenvalue weighted by atomic mass is 16.2. The zero-order valence-electron chi connectivity index (χ0n) is 7.37. The second-order valence-electron chi connectivity index (χ2n) is 2.20. The fourth-order valence-corrected chi connectivity index (χ4v) is 0.813. The van der Waals surface area contributed by atoms with Gasteiger partial charge in [0.2, 0.25) is 0 Å². The Hall–Kier alpha value is -1.16. The molecular weight excluding hydrogens is 156 g/mol. The first-order valence-corrected chi connectivity index (χ1v) is 3.72. The molecule has 0 saturated heterocycles. The number of aliphatic hydroxyl groups excluding tert-OH is 1. The Kier molecular flexibility index (Phi) is 5.91. The number of H-pyrrole nitrogens is 1. The van der Waals surface area contributed by atoms with E-state index >= 15 is 0 Å². The van der Waals surface area contributed by atoms with Crippen LogP contribution < -0.4 is 0 Å². The Morgan fingerprint density at radius 1 is 1.67 bits per heavy atom. The Labute approximate surface area is 71.6 Å². The maximum atomic E-state index is 9.95. The van der Waals surface area contributed by atoms with Crippen LogP contribution in [0.1, 0.15) is 17.9 Å². The maximum Gasteiger partial charge on any atom is 0.120 e. The van der Waals surface area contributed by atoms with Crippen LogP contribution in [0.4, 0.5) is 0 Å². The molecule has 1 rings (SSSR count). The number of carbonyl (C=O) groups is 1. The molecular formula is C8H14N2O2. The molecule has 0 atom stereocenters. The van der Waals surface area contributed by atoms with Gasteiger partial charge in [-0.25, -0.2) is 4.98 Å². The van der Waals surface area contributed by atoms with E-state index in [1.807, 2.05) is 6.92 Å². The van der Waals surface area contributed by atoms with Crippen molar-refractivity contribution >= 4 is 6.29 Å². The molecule has 0 unspecified atom stereocenters. The molecule has 0 radical (unpaired) electrons. The quantitative estimate of drug-likeness (QED) is 0.647. The van der Waals surface area contributed by atoms with E-state index < -0.39 is 0 Å². The molecule has 0 bridgehead atoms. The number of aldehydes is 1. The molecule has 0 spiro atoms. The van der Waals surface area contributed by atoms with Crippen LogP contribution in [0.5, 0.6) is 0 Å². The number of hydrogen-bond acceptors (Lipinski definition) is 3. The van der Waals surface area contributed by atoms with Gasteiger partial charge in [-0.2, -0.15) is 0 Å². The lowest BCUT2D eigenvalue weighted by molar-refractivity contribution is -0.107. The molecule has 0 amide bonds. The van der Waals surface area contributed by atoms with E-state index in [1.165, 1.54) is 0 Å². The van der Waals surface area contributed by atoms with Crippen molar-refractivity contribution in [2.24, 2.45) is 0 Å². The third-order valence-electron chi connectivity index (χ3n) is 1.29. The predicted molar refractivity (Wildman–Crippen MR) is 45.9 cm³/mol. The summed E-state index contributed by atoms with van der Waals surface area (Å²) in [6.45, 7) is 1.89. The predicted octanol–water partition coefficient (Wildman–Crippen LogP) is 0.458. The zero-order valence-corrected chi connectivity index (χ0v) is 7.37. The van der Waals surface area contributed by atoms with E-state index in [9.17, 15) is 4.79 Å². The summed E-state index contributed by atoms with van der Waals surface area (Å²) in [5.41, 5.74) is 1.03. The second kappa shape index (κ2) is 6.54. The number of nitrogens with zero attached hydrogens (tertiary/aromatic N) is 1. The van der Waals surface area contributed by atoms with Crippen LogP contribution in [-0.4, -0.2) is 28.5 Å². The highest BCUT2D eigenvalue weighted by molar-refractivity contribution is 5.49. The average molecular weight is 170 g/mol.